The lowest BCUT2D eigenvalue weighted by Gasteiger charge is -2.31. The Balaban J connectivity index is 2.18. The molecule has 0 radical (unpaired) electrons. The summed E-state index contributed by atoms with van der Waals surface area (Å²) in [5.74, 6) is 0. The molecule has 0 bridgehead atoms. The molecule has 1 aliphatic rings. The summed E-state index contributed by atoms with van der Waals surface area (Å²) in [4.78, 5) is 0. The van der Waals surface area contributed by atoms with Crippen molar-refractivity contribution in [2.75, 3.05) is 13.1 Å². The topological polar surface area (TPSA) is 24.1 Å². The largest absolute Gasteiger partial charge is 0.311 e. The quantitative estimate of drug-likeness (QED) is 0.640. The number of rotatable bonds is 3. The summed E-state index contributed by atoms with van der Waals surface area (Å²) in [6, 6.07) is 1.37. The molecule has 1 fully saturated rings. The molecule has 2 nitrogen and oxygen atoms in total. The first-order chi connectivity index (χ1) is 5.34. The third-order valence-corrected chi connectivity index (χ3v) is 2.47. The molecular formula is C9H20N2. The highest BCUT2D eigenvalue weighted by Gasteiger charge is 2.18. The van der Waals surface area contributed by atoms with Crippen molar-refractivity contribution in [3.05, 3.63) is 0 Å². The molecule has 0 aromatic rings. The minimum absolute atomic E-state index is 0.662. The zero-order valence-corrected chi connectivity index (χ0v) is 7.69. The van der Waals surface area contributed by atoms with Crippen molar-refractivity contribution in [3.8, 4) is 0 Å². The lowest BCUT2D eigenvalue weighted by Crippen LogP contribution is -2.54. The lowest BCUT2D eigenvalue weighted by atomic mass is 10.0. The van der Waals surface area contributed by atoms with Crippen LogP contribution in [-0.2, 0) is 0 Å². The summed E-state index contributed by atoms with van der Waals surface area (Å²) in [5, 5.41) is 7.02. The number of unbranched alkanes of at least 4 members (excludes halogenated alkanes) is 1. The van der Waals surface area contributed by atoms with E-state index < -0.39 is 0 Å². The fourth-order valence-corrected chi connectivity index (χ4v) is 1.65. The van der Waals surface area contributed by atoms with Crippen LogP contribution in [0.25, 0.3) is 0 Å². The molecule has 66 valence electrons. The highest BCUT2D eigenvalue weighted by molar-refractivity contribution is 4.82. The molecule has 1 aliphatic heterocycles. The van der Waals surface area contributed by atoms with Gasteiger partial charge in [0.2, 0.25) is 0 Å². The van der Waals surface area contributed by atoms with E-state index in [1.807, 2.05) is 0 Å². The normalized spacial score (nSPS) is 32.2. The molecular weight excluding hydrogens is 136 g/mol. The van der Waals surface area contributed by atoms with Crippen LogP contribution in [0.5, 0.6) is 0 Å². The Morgan fingerprint density at radius 1 is 1.27 bits per heavy atom. The van der Waals surface area contributed by atoms with E-state index in [4.69, 9.17) is 0 Å². The summed E-state index contributed by atoms with van der Waals surface area (Å²) in [6.45, 7) is 6.79. The molecule has 0 aliphatic carbocycles. The van der Waals surface area contributed by atoms with Gasteiger partial charge in [0.05, 0.1) is 0 Å². The maximum absolute atomic E-state index is 3.54. The van der Waals surface area contributed by atoms with Crippen LogP contribution in [0.3, 0.4) is 0 Å². The summed E-state index contributed by atoms with van der Waals surface area (Å²) < 4.78 is 0. The summed E-state index contributed by atoms with van der Waals surface area (Å²) >= 11 is 0. The van der Waals surface area contributed by atoms with E-state index in [0.717, 1.165) is 13.1 Å². The van der Waals surface area contributed by atoms with E-state index >= 15 is 0 Å². The third kappa shape index (κ3) is 2.80. The first-order valence-corrected chi connectivity index (χ1v) is 4.81. The van der Waals surface area contributed by atoms with Crippen LogP contribution >= 0.6 is 0 Å². The lowest BCUT2D eigenvalue weighted by molar-refractivity contribution is 0.318. The molecule has 0 aromatic carbocycles. The highest BCUT2D eigenvalue weighted by atomic mass is 15.1. The van der Waals surface area contributed by atoms with Gasteiger partial charge >= 0.3 is 0 Å². The molecule has 2 N–H and O–H groups in total. The molecule has 0 amide bonds. The van der Waals surface area contributed by atoms with E-state index in [2.05, 4.69) is 24.5 Å². The van der Waals surface area contributed by atoms with Crippen LogP contribution in [0.4, 0.5) is 0 Å². The predicted molar refractivity (Wildman–Crippen MR) is 48.8 cm³/mol. The van der Waals surface area contributed by atoms with Crippen molar-refractivity contribution in [3.63, 3.8) is 0 Å². The van der Waals surface area contributed by atoms with Gasteiger partial charge in [-0.15, -0.1) is 0 Å². The number of nitrogens with one attached hydrogen (secondary N) is 2. The van der Waals surface area contributed by atoms with Crippen molar-refractivity contribution < 1.29 is 0 Å². The Morgan fingerprint density at radius 2 is 2.00 bits per heavy atom. The molecule has 0 saturated carbocycles. The van der Waals surface area contributed by atoms with Gasteiger partial charge in [0.1, 0.15) is 0 Å². The molecule has 11 heavy (non-hydrogen) atoms. The zero-order valence-electron chi connectivity index (χ0n) is 7.69. The van der Waals surface area contributed by atoms with E-state index in [9.17, 15) is 0 Å². The molecule has 1 heterocycles. The van der Waals surface area contributed by atoms with Gasteiger partial charge < -0.3 is 10.6 Å². The van der Waals surface area contributed by atoms with Crippen molar-refractivity contribution in [2.24, 2.45) is 0 Å². The maximum atomic E-state index is 3.54. The zero-order chi connectivity index (χ0) is 8.10. The molecule has 1 rings (SSSR count). The first kappa shape index (κ1) is 9.01. The smallest absolute Gasteiger partial charge is 0.0219 e. The highest BCUT2D eigenvalue weighted by Crippen LogP contribution is 2.06. The Morgan fingerprint density at radius 3 is 2.64 bits per heavy atom. The maximum Gasteiger partial charge on any atom is 0.0219 e. The van der Waals surface area contributed by atoms with E-state index in [1.54, 1.807) is 0 Å². The van der Waals surface area contributed by atoms with Crippen LogP contribution in [0.1, 0.15) is 33.1 Å². The van der Waals surface area contributed by atoms with Gasteiger partial charge in [-0.3, -0.25) is 0 Å². The molecule has 0 aromatic heterocycles. The Kier molecular flexibility index (Phi) is 3.87. The Bertz CT molecular complexity index is 104. The van der Waals surface area contributed by atoms with Crippen molar-refractivity contribution in [1.82, 2.24) is 10.6 Å². The van der Waals surface area contributed by atoms with Crippen LogP contribution in [0.2, 0.25) is 0 Å². The van der Waals surface area contributed by atoms with Crippen LogP contribution in [0, 0.1) is 0 Å². The monoisotopic (exact) mass is 156 g/mol. The average molecular weight is 156 g/mol. The SMILES string of the molecule is CCCC[C@H]1NCCN[C@@H]1C. The second-order valence-electron chi connectivity index (χ2n) is 3.45. The second kappa shape index (κ2) is 4.73. The molecule has 0 spiro atoms. The molecule has 2 heteroatoms. The fraction of sp³-hybridized carbons (Fsp3) is 1.00. The summed E-state index contributed by atoms with van der Waals surface area (Å²) in [7, 11) is 0. The standard InChI is InChI=1S/C9H20N2/c1-3-4-5-9-8(2)10-6-7-11-9/h8-11H,3-7H2,1-2H3/t8-,9-/m1/s1. The Labute approximate surface area is 69.8 Å². The van der Waals surface area contributed by atoms with Gasteiger partial charge in [0.25, 0.3) is 0 Å². The predicted octanol–water partition coefficient (Wildman–Crippen LogP) is 1.13. The van der Waals surface area contributed by atoms with Crippen LogP contribution in [0.15, 0.2) is 0 Å². The van der Waals surface area contributed by atoms with Gasteiger partial charge in [0.15, 0.2) is 0 Å². The molecule has 1 saturated heterocycles. The number of hydrogen-bond donors (Lipinski definition) is 2. The third-order valence-electron chi connectivity index (χ3n) is 2.47. The first-order valence-electron chi connectivity index (χ1n) is 4.81. The van der Waals surface area contributed by atoms with Gasteiger partial charge in [-0.25, -0.2) is 0 Å². The summed E-state index contributed by atoms with van der Waals surface area (Å²) in [6.07, 6.45) is 3.99. The van der Waals surface area contributed by atoms with Crippen molar-refractivity contribution in [1.29, 1.82) is 0 Å². The van der Waals surface area contributed by atoms with Crippen molar-refractivity contribution in [2.45, 2.75) is 45.2 Å². The van der Waals surface area contributed by atoms with E-state index in [-0.39, 0.29) is 0 Å². The molecule has 0 unspecified atom stereocenters. The minimum atomic E-state index is 0.662. The van der Waals surface area contributed by atoms with Crippen LogP contribution in [-0.4, -0.2) is 25.2 Å². The second-order valence-corrected chi connectivity index (χ2v) is 3.45. The van der Waals surface area contributed by atoms with Crippen LogP contribution < -0.4 is 10.6 Å². The van der Waals surface area contributed by atoms with E-state index in [0.29, 0.717) is 12.1 Å². The number of hydrogen-bond acceptors (Lipinski definition) is 2. The van der Waals surface area contributed by atoms with Crippen molar-refractivity contribution >= 4 is 0 Å². The number of piperazine rings is 1. The molecule has 2 atom stereocenters. The van der Waals surface area contributed by atoms with Gasteiger partial charge in [-0.05, 0) is 13.3 Å². The van der Waals surface area contributed by atoms with Gasteiger partial charge in [-0.1, -0.05) is 19.8 Å². The minimum Gasteiger partial charge on any atom is -0.311 e. The van der Waals surface area contributed by atoms with E-state index in [1.165, 1.54) is 19.3 Å². The average Bonchev–Trinajstić information content (AvgIpc) is 2.03. The van der Waals surface area contributed by atoms with Gasteiger partial charge in [-0.2, -0.15) is 0 Å². The summed E-state index contributed by atoms with van der Waals surface area (Å²) in [5.41, 5.74) is 0. The van der Waals surface area contributed by atoms with Gasteiger partial charge in [0, 0.05) is 25.2 Å². The Hall–Kier alpha value is -0.0800. The fourth-order valence-electron chi connectivity index (χ4n) is 1.65.